The molecular weight excluding hydrogens is 879 g/mol. The maximum absolute atomic E-state index is 14.6. The Balaban J connectivity index is 1.26. The largest absolute Gasteiger partial charge is 0.449 e. The van der Waals surface area contributed by atoms with E-state index in [0.717, 1.165) is 38.9 Å². The molecule has 0 bridgehead atoms. The molecule has 1 aliphatic rings. The number of thioether (sulfide) groups is 1. The Morgan fingerprint density at radius 3 is 1.68 bits per heavy atom. The minimum absolute atomic E-state index is 0.0289. The Morgan fingerprint density at radius 2 is 1.17 bits per heavy atom. The van der Waals surface area contributed by atoms with Crippen molar-refractivity contribution in [3.8, 4) is 11.1 Å². The molecule has 0 radical (unpaired) electrons. The zero-order valence-electron chi connectivity index (χ0n) is 36.7. The normalized spacial score (nSPS) is 12.9. The van der Waals surface area contributed by atoms with E-state index >= 15 is 0 Å². The van der Waals surface area contributed by atoms with Gasteiger partial charge in [-0.25, -0.2) is 13.2 Å². The average molecular weight is 932 g/mol. The summed E-state index contributed by atoms with van der Waals surface area (Å²) >= 11 is 1.40. The van der Waals surface area contributed by atoms with Gasteiger partial charge in [0.15, 0.2) is 0 Å². The van der Waals surface area contributed by atoms with E-state index in [1.807, 2.05) is 144 Å². The maximum Gasteiger partial charge on any atom is 0.407 e. The van der Waals surface area contributed by atoms with Crippen LogP contribution >= 0.6 is 11.8 Å². The van der Waals surface area contributed by atoms with Gasteiger partial charge in [-0.05, 0) is 58.7 Å². The van der Waals surface area contributed by atoms with Crippen molar-refractivity contribution in [2.75, 3.05) is 31.7 Å². The lowest BCUT2D eigenvalue weighted by atomic mass is 9.84. The van der Waals surface area contributed by atoms with Crippen molar-refractivity contribution in [2.45, 2.75) is 55.4 Å². The third-order valence-corrected chi connectivity index (χ3v) is 14.2. The van der Waals surface area contributed by atoms with Crippen molar-refractivity contribution in [3.05, 3.63) is 167 Å². The number of hydrogen-bond acceptors (Lipinski definition) is 10. The fourth-order valence-corrected chi connectivity index (χ4v) is 10.5. The molecule has 0 aromatic heterocycles. The van der Waals surface area contributed by atoms with Crippen LogP contribution in [0.1, 0.15) is 66.3 Å². The van der Waals surface area contributed by atoms with E-state index in [0.29, 0.717) is 0 Å². The van der Waals surface area contributed by atoms with E-state index in [-0.39, 0.29) is 55.7 Å². The molecule has 344 valence electrons. The number of sulfonamides is 1. The number of benzene rings is 5. The fraction of sp³-hybridized carbons (Fsp3) is 0.280. The Morgan fingerprint density at radius 1 is 0.652 bits per heavy atom. The topological polar surface area (TPSA) is 206 Å². The fourth-order valence-electron chi connectivity index (χ4n) is 7.93. The van der Waals surface area contributed by atoms with Crippen molar-refractivity contribution >= 4 is 57.3 Å². The number of carbonyl (C=O) groups excluding carboxylic acids is 6. The van der Waals surface area contributed by atoms with Crippen LogP contribution in [0, 0.1) is 0 Å². The van der Waals surface area contributed by atoms with Crippen molar-refractivity contribution in [1.29, 1.82) is 0 Å². The smallest absolute Gasteiger partial charge is 0.407 e. The first-order valence-corrected chi connectivity index (χ1v) is 24.2. The SMILES string of the molecule is CNC(=O)CCCS(=O)(=O)NC(=O)CNC(=O)[C@H](CCC(C)=O)NC(=O)[C@H](CSC(c1ccccc1)(c1ccccc1)c1ccccc1)NC(=O)OCC1c2ccccc2-c2ccccc21. The van der Waals surface area contributed by atoms with Crippen LogP contribution in [0.5, 0.6) is 0 Å². The molecule has 66 heavy (non-hydrogen) atoms. The van der Waals surface area contributed by atoms with E-state index in [1.54, 1.807) is 0 Å². The Labute approximate surface area is 389 Å². The first-order valence-electron chi connectivity index (χ1n) is 21.5. The lowest BCUT2D eigenvalue weighted by Crippen LogP contribution is -2.55. The molecule has 5 aromatic rings. The molecule has 0 fully saturated rings. The van der Waals surface area contributed by atoms with Gasteiger partial charge < -0.3 is 30.8 Å². The molecule has 5 amide bonds. The highest BCUT2D eigenvalue weighted by Gasteiger charge is 2.39. The highest BCUT2D eigenvalue weighted by molar-refractivity contribution is 8.00. The molecule has 0 heterocycles. The summed E-state index contributed by atoms with van der Waals surface area (Å²) in [6, 6.07) is 42.4. The number of alkyl carbamates (subject to hydrolysis) is 1. The first-order chi connectivity index (χ1) is 31.8. The highest BCUT2D eigenvalue weighted by atomic mass is 32.2. The van der Waals surface area contributed by atoms with Gasteiger partial charge in [0, 0.05) is 31.6 Å². The van der Waals surface area contributed by atoms with Gasteiger partial charge >= 0.3 is 6.09 Å². The predicted octanol–water partition coefficient (Wildman–Crippen LogP) is 5.56. The van der Waals surface area contributed by atoms with Gasteiger partial charge in [0.2, 0.25) is 27.7 Å². The highest BCUT2D eigenvalue weighted by Crippen LogP contribution is 2.49. The van der Waals surface area contributed by atoms with E-state index in [2.05, 4.69) is 21.3 Å². The average Bonchev–Trinajstić information content (AvgIpc) is 3.65. The van der Waals surface area contributed by atoms with E-state index in [1.165, 1.54) is 25.7 Å². The molecule has 5 N–H and O–H groups in total. The molecule has 1 aliphatic carbocycles. The molecule has 0 saturated carbocycles. The molecule has 0 unspecified atom stereocenters. The third kappa shape index (κ3) is 12.5. The zero-order valence-corrected chi connectivity index (χ0v) is 38.3. The van der Waals surface area contributed by atoms with Crippen LogP contribution in [0.2, 0.25) is 0 Å². The van der Waals surface area contributed by atoms with Crippen LogP contribution in [-0.4, -0.2) is 87.7 Å². The number of Topliss-reactive ketones (excluding diaryl/α,β-unsaturated/α-hetero) is 1. The summed E-state index contributed by atoms with van der Waals surface area (Å²) in [5.41, 5.74) is 6.79. The minimum atomic E-state index is -4.13. The van der Waals surface area contributed by atoms with Gasteiger partial charge in [-0.3, -0.25) is 23.9 Å². The van der Waals surface area contributed by atoms with Crippen molar-refractivity contribution in [1.82, 2.24) is 26.0 Å². The number of nitrogens with one attached hydrogen (secondary N) is 5. The molecule has 0 aliphatic heterocycles. The predicted molar refractivity (Wildman–Crippen MR) is 254 cm³/mol. The maximum atomic E-state index is 14.6. The van der Waals surface area contributed by atoms with Crippen LogP contribution in [0.4, 0.5) is 4.79 Å². The monoisotopic (exact) mass is 931 g/mol. The molecule has 5 aromatic carbocycles. The standard InChI is InChI=1S/C50H53N5O9S2/c1-34(56)28-29-43(47(59)52-31-46(58)55-66(62,63)30-16-27-45(57)51-2)53-48(60)44(54-49(61)64-32-42-40-25-14-12-23-38(40)39-24-13-15-26-41(39)42)33-65-50(35-17-6-3-7-18-35,36-19-8-4-9-20-36)37-21-10-5-11-22-37/h3-15,17-26,42-44H,16,27-33H2,1-2H3,(H,51,57)(H,52,59)(H,53,60)(H,54,61)(H,55,58)/t43-,44-/m0/s1. The number of carbonyl (C=O) groups is 6. The van der Waals surface area contributed by atoms with Gasteiger partial charge in [-0.1, -0.05) is 140 Å². The molecule has 2 atom stereocenters. The second-order valence-electron chi connectivity index (χ2n) is 15.8. The lowest BCUT2D eigenvalue weighted by molar-refractivity contribution is -0.131. The number of ketones is 1. The lowest BCUT2D eigenvalue weighted by Gasteiger charge is -2.36. The molecular formula is C50H53N5O9S2. The number of hydrogen-bond donors (Lipinski definition) is 5. The van der Waals surface area contributed by atoms with Gasteiger partial charge in [0.05, 0.1) is 17.0 Å². The van der Waals surface area contributed by atoms with Gasteiger partial charge in [-0.2, -0.15) is 0 Å². The molecule has 14 nitrogen and oxygen atoms in total. The quantitative estimate of drug-likeness (QED) is 0.0547. The van der Waals surface area contributed by atoms with Crippen LogP contribution in [0.3, 0.4) is 0 Å². The summed E-state index contributed by atoms with van der Waals surface area (Å²) in [7, 11) is -2.72. The van der Waals surface area contributed by atoms with Crippen molar-refractivity contribution < 1.29 is 41.9 Å². The van der Waals surface area contributed by atoms with E-state index in [9.17, 15) is 37.2 Å². The Hall–Kier alpha value is -6.78. The van der Waals surface area contributed by atoms with Crippen LogP contribution in [0.25, 0.3) is 11.1 Å². The minimum Gasteiger partial charge on any atom is -0.449 e. The second-order valence-corrected chi connectivity index (χ2v) is 18.8. The Bertz CT molecular complexity index is 2470. The molecule has 0 saturated heterocycles. The van der Waals surface area contributed by atoms with E-state index < -0.39 is 63.0 Å². The first kappa shape index (κ1) is 48.7. The van der Waals surface area contributed by atoms with E-state index in [4.69, 9.17) is 4.74 Å². The summed E-state index contributed by atoms with van der Waals surface area (Å²) in [6.45, 7) is 0.525. The van der Waals surface area contributed by atoms with Crippen LogP contribution < -0.4 is 26.0 Å². The summed E-state index contributed by atoms with van der Waals surface area (Å²) in [5, 5.41) is 10.2. The summed E-state index contributed by atoms with van der Waals surface area (Å²) < 4.78 is 31.8. The molecule has 16 heteroatoms. The van der Waals surface area contributed by atoms with Crippen LogP contribution in [0.15, 0.2) is 140 Å². The number of amides is 5. The second kappa shape index (κ2) is 22.9. The van der Waals surface area contributed by atoms with Crippen molar-refractivity contribution in [2.24, 2.45) is 0 Å². The number of ether oxygens (including phenoxy) is 1. The van der Waals surface area contributed by atoms with Gasteiger partial charge in [0.25, 0.3) is 5.91 Å². The number of rotatable bonds is 22. The third-order valence-electron chi connectivity index (χ3n) is 11.2. The van der Waals surface area contributed by atoms with Gasteiger partial charge in [-0.15, -0.1) is 11.8 Å². The summed E-state index contributed by atoms with van der Waals surface area (Å²) in [6.07, 6.45) is -1.27. The van der Waals surface area contributed by atoms with Gasteiger partial charge in [0.1, 0.15) is 24.5 Å². The summed E-state index contributed by atoms with van der Waals surface area (Å²) in [4.78, 5) is 78.6. The molecule has 6 rings (SSSR count). The Kier molecular flexibility index (Phi) is 16.9. The van der Waals surface area contributed by atoms with Crippen molar-refractivity contribution in [3.63, 3.8) is 0 Å². The number of fused-ring (bicyclic) bond motifs is 3. The zero-order chi connectivity index (χ0) is 47.1. The molecule has 0 spiro atoms. The van der Waals surface area contributed by atoms with Crippen LogP contribution in [-0.2, 0) is 43.5 Å². The summed E-state index contributed by atoms with van der Waals surface area (Å²) in [5.74, 6) is -4.14.